The van der Waals surface area contributed by atoms with E-state index in [1.165, 1.54) is 12.1 Å². The Morgan fingerprint density at radius 1 is 1.33 bits per heavy atom. The van der Waals surface area contributed by atoms with Crippen molar-refractivity contribution in [2.45, 2.75) is 13.8 Å². The molecule has 0 amide bonds. The molecule has 110 valence electrons. The van der Waals surface area contributed by atoms with Gasteiger partial charge in [-0.25, -0.2) is 4.98 Å². The normalized spacial score (nSPS) is 10.2. The van der Waals surface area contributed by atoms with Crippen LogP contribution in [0.25, 0.3) is 11.3 Å². The van der Waals surface area contributed by atoms with Gasteiger partial charge in [-0.15, -0.1) is 0 Å². The van der Waals surface area contributed by atoms with Gasteiger partial charge in [0.25, 0.3) is 5.69 Å². The van der Waals surface area contributed by atoms with E-state index in [-0.39, 0.29) is 5.69 Å². The summed E-state index contributed by atoms with van der Waals surface area (Å²) >= 11 is 0. The van der Waals surface area contributed by atoms with Crippen LogP contribution in [0.1, 0.15) is 12.5 Å². The number of anilines is 1. The van der Waals surface area contributed by atoms with Crippen LogP contribution in [0.2, 0.25) is 0 Å². The third-order valence-electron chi connectivity index (χ3n) is 3.09. The molecule has 0 radical (unpaired) electrons. The molecular formula is C15H17N3O3. The van der Waals surface area contributed by atoms with E-state index >= 15 is 0 Å². The minimum Gasteiger partial charge on any atom is -0.497 e. The summed E-state index contributed by atoms with van der Waals surface area (Å²) in [5, 5.41) is 14.1. The van der Waals surface area contributed by atoms with E-state index in [4.69, 9.17) is 4.74 Å². The first kappa shape index (κ1) is 14.8. The van der Waals surface area contributed by atoms with Gasteiger partial charge in [0.1, 0.15) is 11.6 Å². The fourth-order valence-corrected chi connectivity index (χ4v) is 2.08. The molecule has 2 rings (SSSR count). The molecule has 1 heterocycles. The van der Waals surface area contributed by atoms with Crippen molar-refractivity contribution < 1.29 is 9.66 Å². The predicted octanol–water partition coefficient (Wildman–Crippen LogP) is 3.41. The molecule has 0 aliphatic carbocycles. The Morgan fingerprint density at radius 3 is 2.67 bits per heavy atom. The number of ether oxygens (including phenoxy) is 1. The highest BCUT2D eigenvalue weighted by molar-refractivity contribution is 5.69. The van der Waals surface area contributed by atoms with Gasteiger partial charge in [0, 0.05) is 18.2 Å². The molecule has 6 nitrogen and oxygen atoms in total. The maximum Gasteiger partial charge on any atom is 0.275 e. The van der Waals surface area contributed by atoms with Crippen LogP contribution >= 0.6 is 0 Å². The second-order valence-electron chi connectivity index (χ2n) is 4.56. The van der Waals surface area contributed by atoms with Gasteiger partial charge in [-0.05, 0) is 37.6 Å². The summed E-state index contributed by atoms with van der Waals surface area (Å²) in [6, 6.07) is 8.47. The van der Waals surface area contributed by atoms with E-state index < -0.39 is 4.92 Å². The van der Waals surface area contributed by atoms with Gasteiger partial charge >= 0.3 is 0 Å². The molecule has 0 bridgehead atoms. The number of hydrogen-bond donors (Lipinski definition) is 1. The fraction of sp³-hybridized carbons (Fsp3) is 0.267. The summed E-state index contributed by atoms with van der Waals surface area (Å²) in [6.07, 6.45) is 0. The van der Waals surface area contributed by atoms with Crippen LogP contribution in [0.5, 0.6) is 5.75 Å². The Balaban J connectivity index is 2.54. The Labute approximate surface area is 122 Å². The van der Waals surface area contributed by atoms with Crippen LogP contribution < -0.4 is 10.1 Å². The molecule has 0 aliphatic heterocycles. The second kappa shape index (κ2) is 6.21. The molecular weight excluding hydrogens is 270 g/mol. The van der Waals surface area contributed by atoms with Crippen molar-refractivity contribution in [3.8, 4) is 17.0 Å². The predicted molar refractivity (Wildman–Crippen MR) is 81.8 cm³/mol. The Kier molecular flexibility index (Phi) is 4.37. The van der Waals surface area contributed by atoms with E-state index in [0.29, 0.717) is 18.1 Å². The zero-order chi connectivity index (χ0) is 15.4. The minimum atomic E-state index is -0.412. The first-order valence-electron chi connectivity index (χ1n) is 6.60. The average molecular weight is 287 g/mol. The van der Waals surface area contributed by atoms with Crippen LogP contribution in [0.15, 0.2) is 30.3 Å². The highest BCUT2D eigenvalue weighted by atomic mass is 16.6. The maximum absolute atomic E-state index is 11.1. The molecule has 1 N–H and O–H groups in total. The topological polar surface area (TPSA) is 77.3 Å². The summed E-state index contributed by atoms with van der Waals surface area (Å²) < 4.78 is 5.17. The number of nitrogens with zero attached hydrogens (tertiary/aromatic N) is 2. The zero-order valence-corrected chi connectivity index (χ0v) is 12.2. The summed E-state index contributed by atoms with van der Waals surface area (Å²) in [7, 11) is 1.60. The first-order valence-corrected chi connectivity index (χ1v) is 6.60. The largest absolute Gasteiger partial charge is 0.497 e. The van der Waals surface area contributed by atoms with Crippen LogP contribution in [0.3, 0.4) is 0 Å². The molecule has 21 heavy (non-hydrogen) atoms. The van der Waals surface area contributed by atoms with Gasteiger partial charge in [-0.1, -0.05) is 0 Å². The van der Waals surface area contributed by atoms with E-state index in [1.807, 2.05) is 32.0 Å². The summed E-state index contributed by atoms with van der Waals surface area (Å²) in [5.74, 6) is 1.24. The molecule has 1 aromatic carbocycles. The van der Waals surface area contributed by atoms with Crippen LogP contribution in [-0.4, -0.2) is 23.6 Å². The summed E-state index contributed by atoms with van der Waals surface area (Å²) in [6.45, 7) is 4.49. The smallest absolute Gasteiger partial charge is 0.275 e. The molecule has 0 spiro atoms. The van der Waals surface area contributed by atoms with Crippen molar-refractivity contribution in [2.75, 3.05) is 19.0 Å². The number of methoxy groups -OCH3 is 1. The van der Waals surface area contributed by atoms with Crippen LogP contribution in [-0.2, 0) is 0 Å². The number of pyridine rings is 1. The summed E-state index contributed by atoms with van der Waals surface area (Å²) in [5.41, 5.74) is 2.38. The molecule has 2 aromatic rings. The van der Waals surface area contributed by atoms with E-state index in [2.05, 4.69) is 10.3 Å². The van der Waals surface area contributed by atoms with E-state index in [1.54, 1.807) is 7.11 Å². The van der Waals surface area contributed by atoms with Crippen molar-refractivity contribution in [1.82, 2.24) is 4.98 Å². The number of benzene rings is 1. The number of aryl methyl sites for hydroxylation is 1. The molecule has 0 unspecified atom stereocenters. The standard InChI is InChI=1S/C15H17N3O3/c1-4-16-15-9-11(18(19)20)8-14(17-15)13-6-5-12(21-3)7-10(13)2/h5-9H,4H2,1-3H3,(H,16,17). The Morgan fingerprint density at radius 2 is 2.10 bits per heavy atom. The highest BCUT2D eigenvalue weighted by Crippen LogP contribution is 2.29. The molecule has 0 fully saturated rings. The SMILES string of the molecule is CCNc1cc([N+](=O)[O-])cc(-c2ccc(OC)cc2C)n1. The van der Waals surface area contributed by atoms with Crippen molar-refractivity contribution in [3.63, 3.8) is 0 Å². The molecule has 0 saturated carbocycles. The van der Waals surface area contributed by atoms with E-state index in [0.717, 1.165) is 16.9 Å². The summed E-state index contributed by atoms with van der Waals surface area (Å²) in [4.78, 5) is 15.1. The molecule has 6 heteroatoms. The van der Waals surface area contributed by atoms with Gasteiger partial charge < -0.3 is 10.1 Å². The number of nitro groups is 1. The van der Waals surface area contributed by atoms with Crippen molar-refractivity contribution >= 4 is 11.5 Å². The lowest BCUT2D eigenvalue weighted by Gasteiger charge is -2.10. The molecule has 0 atom stereocenters. The quantitative estimate of drug-likeness (QED) is 0.673. The van der Waals surface area contributed by atoms with Gasteiger partial charge in [0.2, 0.25) is 0 Å². The molecule has 0 saturated heterocycles. The fourth-order valence-electron chi connectivity index (χ4n) is 2.08. The Hall–Kier alpha value is -2.63. The van der Waals surface area contributed by atoms with Crippen molar-refractivity contribution in [1.29, 1.82) is 0 Å². The number of aromatic nitrogens is 1. The second-order valence-corrected chi connectivity index (χ2v) is 4.56. The number of nitrogens with one attached hydrogen (secondary N) is 1. The first-order chi connectivity index (χ1) is 10.0. The van der Waals surface area contributed by atoms with Gasteiger partial charge in [-0.3, -0.25) is 10.1 Å². The lowest BCUT2D eigenvalue weighted by molar-refractivity contribution is -0.384. The average Bonchev–Trinajstić information content (AvgIpc) is 2.47. The lowest BCUT2D eigenvalue weighted by atomic mass is 10.0. The van der Waals surface area contributed by atoms with Gasteiger partial charge in [-0.2, -0.15) is 0 Å². The maximum atomic E-state index is 11.1. The zero-order valence-electron chi connectivity index (χ0n) is 12.2. The van der Waals surface area contributed by atoms with Gasteiger partial charge in [0.05, 0.1) is 23.8 Å². The van der Waals surface area contributed by atoms with Crippen molar-refractivity contribution in [3.05, 3.63) is 46.0 Å². The molecule has 0 aliphatic rings. The third kappa shape index (κ3) is 3.28. The molecule has 1 aromatic heterocycles. The third-order valence-corrected chi connectivity index (χ3v) is 3.09. The lowest BCUT2D eigenvalue weighted by Crippen LogP contribution is -2.02. The number of rotatable bonds is 5. The van der Waals surface area contributed by atoms with Crippen LogP contribution in [0, 0.1) is 17.0 Å². The Bertz CT molecular complexity index is 671. The number of hydrogen-bond acceptors (Lipinski definition) is 5. The minimum absolute atomic E-state index is 0.0196. The van der Waals surface area contributed by atoms with E-state index in [9.17, 15) is 10.1 Å². The highest BCUT2D eigenvalue weighted by Gasteiger charge is 2.14. The monoisotopic (exact) mass is 287 g/mol. The van der Waals surface area contributed by atoms with Crippen molar-refractivity contribution in [2.24, 2.45) is 0 Å². The van der Waals surface area contributed by atoms with Gasteiger partial charge in [0.15, 0.2) is 0 Å². The van der Waals surface area contributed by atoms with Crippen LogP contribution in [0.4, 0.5) is 11.5 Å².